The lowest BCUT2D eigenvalue weighted by atomic mass is 9.78. The van der Waals surface area contributed by atoms with E-state index in [0.29, 0.717) is 24.4 Å². The zero-order valence-corrected chi connectivity index (χ0v) is 20.3. The molecule has 0 aliphatic carbocycles. The molecule has 172 valence electrons. The van der Waals surface area contributed by atoms with Crippen molar-refractivity contribution in [2.24, 2.45) is 5.92 Å². The molecule has 1 N–H and O–H groups in total. The van der Waals surface area contributed by atoms with Crippen molar-refractivity contribution in [3.8, 4) is 5.75 Å². The number of likely N-dealkylation sites (tertiary alicyclic amines) is 2. The Morgan fingerprint density at radius 3 is 1.74 bits per heavy atom. The van der Waals surface area contributed by atoms with E-state index in [-0.39, 0.29) is 28.6 Å². The van der Waals surface area contributed by atoms with Gasteiger partial charge in [0.15, 0.2) is 0 Å². The van der Waals surface area contributed by atoms with E-state index in [1.54, 1.807) is 0 Å². The summed E-state index contributed by atoms with van der Waals surface area (Å²) in [5.74, 6) is 0.612. The standard InChI is InChI=1S/C26H40N2O3/c1-25(2,3)20-16-19(17-21(22(20)29)26(4,5)6)24(31)28-14-10-18(11-15-28)23(30)27-12-8-7-9-13-27/h16-18,29H,7-15H2,1-6H3. The maximum Gasteiger partial charge on any atom is 0.253 e. The van der Waals surface area contributed by atoms with Gasteiger partial charge in [0.1, 0.15) is 5.75 Å². The van der Waals surface area contributed by atoms with Crippen LogP contribution in [0.2, 0.25) is 0 Å². The van der Waals surface area contributed by atoms with Crippen LogP contribution in [0, 0.1) is 5.92 Å². The average molecular weight is 429 g/mol. The number of benzene rings is 1. The molecule has 0 saturated carbocycles. The minimum absolute atomic E-state index is 0.000119. The van der Waals surface area contributed by atoms with Gasteiger partial charge < -0.3 is 14.9 Å². The highest BCUT2D eigenvalue weighted by molar-refractivity contribution is 5.95. The Morgan fingerprint density at radius 1 is 0.806 bits per heavy atom. The molecular weight excluding hydrogens is 388 g/mol. The number of rotatable bonds is 2. The van der Waals surface area contributed by atoms with Crippen molar-refractivity contribution in [2.75, 3.05) is 26.2 Å². The van der Waals surface area contributed by atoms with Crippen LogP contribution < -0.4 is 0 Å². The van der Waals surface area contributed by atoms with Crippen LogP contribution in [0.25, 0.3) is 0 Å². The zero-order chi connectivity index (χ0) is 23.0. The van der Waals surface area contributed by atoms with Crippen LogP contribution in [0.15, 0.2) is 12.1 Å². The number of hydrogen-bond donors (Lipinski definition) is 1. The molecule has 2 heterocycles. The molecule has 0 aromatic heterocycles. The van der Waals surface area contributed by atoms with Crippen LogP contribution in [0.1, 0.15) is 95.1 Å². The molecule has 5 heteroatoms. The Balaban J connectivity index is 1.77. The first-order valence-electron chi connectivity index (χ1n) is 11.9. The van der Waals surface area contributed by atoms with E-state index in [2.05, 4.69) is 41.5 Å². The quantitative estimate of drug-likeness (QED) is 0.732. The number of hydrogen-bond acceptors (Lipinski definition) is 3. The summed E-state index contributed by atoms with van der Waals surface area (Å²) in [6.07, 6.45) is 4.90. The number of amides is 2. The van der Waals surface area contributed by atoms with Gasteiger partial charge in [0.2, 0.25) is 5.91 Å². The number of nitrogens with zero attached hydrogens (tertiary/aromatic N) is 2. The molecule has 0 bridgehead atoms. The summed E-state index contributed by atoms with van der Waals surface area (Å²) in [7, 11) is 0. The van der Waals surface area contributed by atoms with Crippen LogP contribution in [0.4, 0.5) is 0 Å². The number of phenolic OH excluding ortho intramolecular Hbond substituents is 1. The molecule has 2 saturated heterocycles. The highest BCUT2D eigenvalue weighted by atomic mass is 16.3. The highest BCUT2D eigenvalue weighted by Crippen LogP contribution is 2.40. The van der Waals surface area contributed by atoms with Gasteiger partial charge in [0.05, 0.1) is 0 Å². The topological polar surface area (TPSA) is 60.9 Å². The number of carbonyl (C=O) groups excluding carboxylic acids is 2. The lowest BCUT2D eigenvalue weighted by Gasteiger charge is -2.36. The molecule has 2 aliphatic heterocycles. The third kappa shape index (κ3) is 5.24. The molecule has 0 atom stereocenters. The van der Waals surface area contributed by atoms with Crippen molar-refractivity contribution in [3.63, 3.8) is 0 Å². The minimum Gasteiger partial charge on any atom is -0.507 e. The summed E-state index contributed by atoms with van der Waals surface area (Å²) in [5.41, 5.74) is 1.70. The monoisotopic (exact) mass is 428 g/mol. The van der Waals surface area contributed by atoms with Crippen LogP contribution in [0.3, 0.4) is 0 Å². The second-order valence-electron chi connectivity index (χ2n) is 11.4. The Kier molecular flexibility index (Phi) is 6.73. The van der Waals surface area contributed by atoms with Crippen LogP contribution in [-0.2, 0) is 15.6 Å². The molecular formula is C26H40N2O3. The fourth-order valence-corrected chi connectivity index (χ4v) is 4.79. The lowest BCUT2D eigenvalue weighted by molar-refractivity contribution is -0.137. The van der Waals surface area contributed by atoms with Crippen molar-refractivity contribution < 1.29 is 14.7 Å². The van der Waals surface area contributed by atoms with Gasteiger partial charge in [-0.15, -0.1) is 0 Å². The minimum atomic E-state index is -0.270. The first-order chi connectivity index (χ1) is 14.4. The van der Waals surface area contributed by atoms with E-state index in [1.165, 1.54) is 6.42 Å². The van der Waals surface area contributed by atoms with E-state index in [4.69, 9.17) is 0 Å². The Hall–Kier alpha value is -2.04. The second kappa shape index (κ2) is 8.84. The number of aromatic hydroxyl groups is 1. The summed E-state index contributed by atoms with van der Waals surface area (Å²) in [6.45, 7) is 15.3. The summed E-state index contributed by atoms with van der Waals surface area (Å²) in [4.78, 5) is 30.1. The highest BCUT2D eigenvalue weighted by Gasteiger charge is 2.33. The van der Waals surface area contributed by atoms with Gasteiger partial charge in [-0.05, 0) is 55.1 Å². The normalized spacial score (nSPS) is 18.9. The average Bonchev–Trinajstić information content (AvgIpc) is 2.72. The SMILES string of the molecule is CC(C)(C)c1cc(C(=O)N2CCC(C(=O)N3CCCCC3)CC2)cc(C(C)(C)C)c1O. The second-order valence-corrected chi connectivity index (χ2v) is 11.4. The Labute approximate surface area is 187 Å². The van der Waals surface area contributed by atoms with Crippen molar-refractivity contribution in [1.29, 1.82) is 0 Å². The van der Waals surface area contributed by atoms with Gasteiger partial charge >= 0.3 is 0 Å². The van der Waals surface area contributed by atoms with Crippen LogP contribution >= 0.6 is 0 Å². The fourth-order valence-electron chi connectivity index (χ4n) is 4.79. The molecule has 0 radical (unpaired) electrons. The summed E-state index contributed by atoms with van der Waals surface area (Å²) in [6, 6.07) is 3.72. The molecule has 3 rings (SSSR count). The van der Waals surface area contributed by atoms with Gasteiger partial charge in [-0.25, -0.2) is 0 Å². The number of carbonyl (C=O) groups is 2. The summed E-state index contributed by atoms with van der Waals surface area (Å²) >= 11 is 0. The Bertz CT molecular complexity index is 783. The van der Waals surface area contributed by atoms with E-state index in [9.17, 15) is 14.7 Å². The van der Waals surface area contributed by atoms with Crippen molar-refractivity contribution in [2.45, 2.75) is 84.5 Å². The molecule has 31 heavy (non-hydrogen) atoms. The maximum absolute atomic E-state index is 13.4. The molecule has 1 aromatic carbocycles. The van der Waals surface area contributed by atoms with Gasteiger partial charge in [-0.3, -0.25) is 9.59 Å². The fraction of sp³-hybridized carbons (Fsp3) is 0.692. The van der Waals surface area contributed by atoms with E-state index in [0.717, 1.165) is 49.9 Å². The molecule has 1 aromatic rings. The Morgan fingerprint density at radius 2 is 1.29 bits per heavy atom. The number of piperidine rings is 2. The van der Waals surface area contributed by atoms with Crippen LogP contribution in [-0.4, -0.2) is 52.9 Å². The third-order valence-corrected chi connectivity index (χ3v) is 6.77. The largest absolute Gasteiger partial charge is 0.507 e. The van der Waals surface area contributed by atoms with Crippen molar-refractivity contribution >= 4 is 11.8 Å². The smallest absolute Gasteiger partial charge is 0.253 e. The van der Waals surface area contributed by atoms with Gasteiger partial charge in [0, 0.05) is 48.8 Å². The van der Waals surface area contributed by atoms with Crippen molar-refractivity contribution in [1.82, 2.24) is 9.80 Å². The molecule has 0 spiro atoms. The maximum atomic E-state index is 13.4. The van der Waals surface area contributed by atoms with Gasteiger partial charge in [0.25, 0.3) is 5.91 Å². The predicted molar refractivity (Wildman–Crippen MR) is 125 cm³/mol. The summed E-state index contributed by atoms with van der Waals surface area (Å²) in [5, 5.41) is 10.9. The number of phenols is 1. The van der Waals surface area contributed by atoms with E-state index >= 15 is 0 Å². The molecule has 2 amide bonds. The first kappa shape index (κ1) is 23.6. The van der Waals surface area contributed by atoms with E-state index in [1.807, 2.05) is 21.9 Å². The predicted octanol–water partition coefficient (Wildman–Crippen LogP) is 4.85. The van der Waals surface area contributed by atoms with Gasteiger partial charge in [-0.2, -0.15) is 0 Å². The third-order valence-electron chi connectivity index (χ3n) is 6.77. The molecule has 2 aliphatic rings. The van der Waals surface area contributed by atoms with Crippen molar-refractivity contribution in [3.05, 3.63) is 28.8 Å². The molecule has 2 fully saturated rings. The zero-order valence-electron chi connectivity index (χ0n) is 20.3. The molecule has 5 nitrogen and oxygen atoms in total. The van der Waals surface area contributed by atoms with Crippen LogP contribution in [0.5, 0.6) is 5.75 Å². The van der Waals surface area contributed by atoms with Gasteiger partial charge in [-0.1, -0.05) is 41.5 Å². The summed E-state index contributed by atoms with van der Waals surface area (Å²) < 4.78 is 0. The first-order valence-corrected chi connectivity index (χ1v) is 11.9. The van der Waals surface area contributed by atoms with E-state index < -0.39 is 0 Å². The molecule has 0 unspecified atom stereocenters. The lowest BCUT2D eigenvalue weighted by Crippen LogP contribution is -2.45.